The Bertz CT molecular complexity index is 1160. The van der Waals surface area contributed by atoms with E-state index in [1.807, 2.05) is 18.2 Å². The topological polar surface area (TPSA) is 75.6 Å². The Morgan fingerprint density at radius 2 is 1.91 bits per heavy atom. The summed E-state index contributed by atoms with van der Waals surface area (Å²) < 4.78 is 6.05. The summed E-state index contributed by atoms with van der Waals surface area (Å²) in [6.07, 6.45) is 3.60. The first-order valence-electron chi connectivity index (χ1n) is 10.6. The van der Waals surface area contributed by atoms with Crippen molar-refractivity contribution < 1.29 is 19.4 Å². The zero-order valence-electron chi connectivity index (χ0n) is 17.7. The van der Waals surface area contributed by atoms with Crippen LogP contribution in [0.1, 0.15) is 51.6 Å². The minimum absolute atomic E-state index is 0.0285. The monoisotopic (exact) mass is 449 g/mol. The van der Waals surface area contributed by atoms with Crippen molar-refractivity contribution in [3.63, 3.8) is 0 Å². The van der Waals surface area contributed by atoms with E-state index in [0.29, 0.717) is 22.8 Å². The largest absolute Gasteiger partial charge is 0.505 e. The van der Waals surface area contributed by atoms with E-state index in [0.717, 1.165) is 24.8 Å². The molecule has 0 spiro atoms. The Balaban J connectivity index is 1.42. The molecule has 0 fully saturated rings. The fraction of sp³-hybridized carbons (Fsp3) is 0.231. The Morgan fingerprint density at radius 3 is 2.66 bits per heavy atom. The number of hydrogen-bond donors (Lipinski definition) is 2. The summed E-state index contributed by atoms with van der Waals surface area (Å²) in [5, 5.41) is 13.3. The minimum atomic E-state index is -0.418. The molecule has 1 heterocycles. The molecular weight excluding hydrogens is 426 g/mol. The molecule has 4 rings (SSSR count). The van der Waals surface area contributed by atoms with Crippen LogP contribution in [0.5, 0.6) is 11.5 Å². The number of halogens is 1. The van der Waals surface area contributed by atoms with Crippen LogP contribution in [0.3, 0.4) is 0 Å². The number of phenolic OH excluding ortho intramolecular Hbond substituents is 1. The van der Waals surface area contributed by atoms with Crippen molar-refractivity contribution in [3.8, 4) is 11.5 Å². The predicted octanol–water partition coefficient (Wildman–Crippen LogP) is 5.83. The molecular formula is C26H24ClNO4. The van der Waals surface area contributed by atoms with Crippen LogP contribution < -0.4 is 10.1 Å². The quantitative estimate of drug-likeness (QED) is 0.351. The highest BCUT2D eigenvalue weighted by atomic mass is 35.5. The molecule has 3 aromatic rings. The first kappa shape index (κ1) is 21.9. The summed E-state index contributed by atoms with van der Waals surface area (Å²) in [4.78, 5) is 24.4. The van der Waals surface area contributed by atoms with E-state index in [2.05, 4.69) is 17.4 Å². The number of para-hydroxylation sites is 1. The van der Waals surface area contributed by atoms with E-state index in [1.165, 1.54) is 18.6 Å². The lowest BCUT2D eigenvalue weighted by atomic mass is 10.0. The number of hydrogen-bond acceptors (Lipinski definition) is 4. The van der Waals surface area contributed by atoms with Crippen molar-refractivity contribution in [1.29, 1.82) is 0 Å². The molecule has 1 atom stereocenters. The highest BCUT2D eigenvalue weighted by molar-refractivity contribution is 6.32. The third kappa shape index (κ3) is 4.78. The number of benzene rings is 3. The van der Waals surface area contributed by atoms with Crippen molar-refractivity contribution in [3.05, 3.63) is 87.9 Å². The van der Waals surface area contributed by atoms with Gasteiger partial charge in [0.1, 0.15) is 17.6 Å². The molecule has 0 aromatic heterocycles. The lowest BCUT2D eigenvalue weighted by Crippen LogP contribution is -2.13. The number of nitrogens with one attached hydrogen (secondary N) is 1. The number of aryl methyl sites for hydroxylation is 1. The van der Waals surface area contributed by atoms with Gasteiger partial charge in [0.15, 0.2) is 5.78 Å². The summed E-state index contributed by atoms with van der Waals surface area (Å²) >= 11 is 6.42. The molecule has 0 aliphatic carbocycles. The van der Waals surface area contributed by atoms with Crippen LogP contribution >= 0.6 is 11.6 Å². The van der Waals surface area contributed by atoms with Crippen LogP contribution in [0, 0.1) is 0 Å². The number of amides is 1. The van der Waals surface area contributed by atoms with Gasteiger partial charge >= 0.3 is 0 Å². The standard InChI is InChI=1S/C26H24ClNO4/c1-16(29)21-11-6-12-23(24(21)30)28-26(31)19-13-18-14-20(32-25(18)22(27)15-19)10-5-9-17-7-3-2-4-8-17/h2-4,6-8,11-13,15,20,30H,5,9-10,14H2,1H3,(H,28,31). The SMILES string of the molecule is CC(=O)c1cccc(NC(=O)c2cc(Cl)c3c(c2)CC(CCCc2ccccc2)O3)c1O. The van der Waals surface area contributed by atoms with Gasteiger partial charge in [-0.05, 0) is 56.0 Å². The molecule has 3 aromatic carbocycles. The second-order valence-corrected chi connectivity index (χ2v) is 8.39. The number of phenols is 1. The van der Waals surface area contributed by atoms with Crippen LogP contribution in [0.4, 0.5) is 5.69 Å². The zero-order chi connectivity index (χ0) is 22.7. The number of anilines is 1. The maximum absolute atomic E-state index is 12.8. The molecule has 0 radical (unpaired) electrons. The van der Waals surface area contributed by atoms with Crippen molar-refractivity contribution >= 4 is 29.0 Å². The normalized spacial score (nSPS) is 14.5. The number of carbonyl (C=O) groups is 2. The molecule has 5 nitrogen and oxygen atoms in total. The minimum Gasteiger partial charge on any atom is -0.505 e. The van der Waals surface area contributed by atoms with Gasteiger partial charge in [-0.15, -0.1) is 0 Å². The second kappa shape index (κ2) is 9.45. The molecule has 6 heteroatoms. The summed E-state index contributed by atoms with van der Waals surface area (Å²) in [5.74, 6) is -0.315. The Hall–Kier alpha value is -3.31. The molecule has 32 heavy (non-hydrogen) atoms. The Morgan fingerprint density at radius 1 is 1.12 bits per heavy atom. The Labute approximate surface area is 192 Å². The summed E-state index contributed by atoms with van der Waals surface area (Å²) in [6.45, 7) is 1.36. The van der Waals surface area contributed by atoms with E-state index in [4.69, 9.17) is 16.3 Å². The number of carbonyl (C=O) groups excluding carboxylic acids is 2. The van der Waals surface area contributed by atoms with Gasteiger partial charge in [-0.1, -0.05) is 48.0 Å². The predicted molar refractivity (Wildman–Crippen MR) is 125 cm³/mol. The number of fused-ring (bicyclic) bond motifs is 1. The molecule has 164 valence electrons. The van der Waals surface area contributed by atoms with Crippen molar-refractivity contribution in [2.75, 3.05) is 5.32 Å². The smallest absolute Gasteiger partial charge is 0.255 e. The summed E-state index contributed by atoms with van der Waals surface area (Å²) in [6, 6.07) is 18.3. The van der Waals surface area contributed by atoms with Gasteiger partial charge in [0.2, 0.25) is 0 Å². The van der Waals surface area contributed by atoms with E-state index in [1.54, 1.807) is 24.3 Å². The van der Waals surface area contributed by atoms with Gasteiger partial charge in [-0.3, -0.25) is 9.59 Å². The van der Waals surface area contributed by atoms with Crippen LogP contribution in [0.25, 0.3) is 0 Å². The van der Waals surface area contributed by atoms with Crippen molar-refractivity contribution in [2.45, 2.75) is 38.7 Å². The molecule has 0 bridgehead atoms. The summed E-state index contributed by atoms with van der Waals surface area (Å²) in [7, 11) is 0. The van der Waals surface area contributed by atoms with Crippen LogP contribution in [0.2, 0.25) is 5.02 Å². The highest BCUT2D eigenvalue weighted by Gasteiger charge is 2.27. The molecule has 1 aliphatic rings. The van der Waals surface area contributed by atoms with Crippen LogP contribution in [-0.4, -0.2) is 22.9 Å². The van der Waals surface area contributed by atoms with E-state index >= 15 is 0 Å². The van der Waals surface area contributed by atoms with Gasteiger partial charge in [0, 0.05) is 17.5 Å². The maximum atomic E-state index is 12.8. The van der Waals surface area contributed by atoms with Crippen molar-refractivity contribution in [2.24, 2.45) is 0 Å². The van der Waals surface area contributed by atoms with Crippen molar-refractivity contribution in [1.82, 2.24) is 0 Å². The molecule has 1 amide bonds. The van der Waals surface area contributed by atoms with Crippen LogP contribution in [0.15, 0.2) is 60.7 Å². The van der Waals surface area contributed by atoms with E-state index in [9.17, 15) is 14.7 Å². The molecule has 2 N–H and O–H groups in total. The second-order valence-electron chi connectivity index (χ2n) is 7.98. The number of rotatable bonds is 7. The molecule has 0 saturated heterocycles. The molecule has 1 unspecified atom stereocenters. The zero-order valence-corrected chi connectivity index (χ0v) is 18.5. The number of ether oxygens (including phenoxy) is 1. The first-order valence-corrected chi connectivity index (χ1v) is 11.0. The average Bonchev–Trinajstić information content (AvgIpc) is 3.19. The summed E-state index contributed by atoms with van der Waals surface area (Å²) in [5.41, 5.74) is 2.90. The Kier molecular flexibility index (Phi) is 6.47. The number of Topliss-reactive ketones (excluding diaryl/α,β-unsaturated/α-hetero) is 1. The van der Waals surface area contributed by atoms with E-state index in [-0.39, 0.29) is 28.9 Å². The molecule has 1 aliphatic heterocycles. The third-order valence-electron chi connectivity index (χ3n) is 5.61. The van der Waals surface area contributed by atoms with E-state index < -0.39 is 5.91 Å². The maximum Gasteiger partial charge on any atom is 0.255 e. The fourth-order valence-electron chi connectivity index (χ4n) is 3.98. The van der Waals surface area contributed by atoms with Gasteiger partial charge in [-0.25, -0.2) is 0 Å². The molecule has 0 saturated carbocycles. The fourth-order valence-corrected chi connectivity index (χ4v) is 4.26. The first-order chi connectivity index (χ1) is 15.4. The average molecular weight is 450 g/mol. The van der Waals surface area contributed by atoms with Gasteiger partial charge in [0.25, 0.3) is 5.91 Å². The number of ketones is 1. The van der Waals surface area contributed by atoms with Gasteiger partial charge < -0.3 is 15.2 Å². The lowest BCUT2D eigenvalue weighted by molar-refractivity contribution is 0.100. The third-order valence-corrected chi connectivity index (χ3v) is 5.89. The lowest BCUT2D eigenvalue weighted by Gasteiger charge is -2.12. The number of aromatic hydroxyl groups is 1. The highest BCUT2D eigenvalue weighted by Crippen LogP contribution is 2.38. The van der Waals surface area contributed by atoms with Gasteiger partial charge in [-0.2, -0.15) is 0 Å². The van der Waals surface area contributed by atoms with Crippen LogP contribution in [-0.2, 0) is 12.8 Å². The van der Waals surface area contributed by atoms with Gasteiger partial charge in [0.05, 0.1) is 16.3 Å².